The maximum atomic E-state index is 12.0. The van der Waals surface area contributed by atoms with Crippen LogP contribution < -0.4 is 16.4 Å². The van der Waals surface area contributed by atoms with Crippen molar-refractivity contribution in [3.8, 4) is 0 Å². The molecule has 0 unspecified atom stereocenters. The number of hydroxylamine groups is 6. The van der Waals surface area contributed by atoms with E-state index < -0.39 is 17.7 Å². The van der Waals surface area contributed by atoms with Gasteiger partial charge >= 0.3 is 0 Å². The number of hydrogen-bond donors (Lipinski definition) is 6. The molecular weight excluding hydrogens is 536 g/mol. The molecule has 0 atom stereocenters. The smallest absolute Gasteiger partial charge is 0.246 e. The summed E-state index contributed by atoms with van der Waals surface area (Å²) in [7, 11) is 0. The predicted molar refractivity (Wildman–Crippen MR) is 150 cm³/mol. The van der Waals surface area contributed by atoms with Crippen molar-refractivity contribution in [2.45, 2.75) is 64.7 Å². The summed E-state index contributed by atoms with van der Waals surface area (Å²) in [4.78, 5) is 58.3. The van der Waals surface area contributed by atoms with E-state index >= 15 is 0 Å². The van der Waals surface area contributed by atoms with Crippen LogP contribution in [0.5, 0.6) is 0 Å². The fraction of sp³-hybridized carbons (Fsp3) is 0.593. The van der Waals surface area contributed by atoms with Crippen LogP contribution in [-0.2, 0) is 24.0 Å². The number of nitrogens with two attached hydrogens (primary N) is 1. The molecule has 0 saturated carbocycles. The first-order valence-electron chi connectivity index (χ1n) is 13.7. The van der Waals surface area contributed by atoms with E-state index in [0.29, 0.717) is 47.5 Å². The molecule has 0 fully saturated rings. The number of nitrogens with zero attached hydrogens (tertiary/aromatic N) is 3. The van der Waals surface area contributed by atoms with Gasteiger partial charge in [0.25, 0.3) is 0 Å². The number of hydrogen-bond acceptors (Lipinski definition) is 9. The Hall–Kier alpha value is -3.59. The summed E-state index contributed by atoms with van der Waals surface area (Å²) in [5.74, 6) is -2.22. The third-order valence-corrected chi connectivity index (χ3v) is 5.54. The lowest BCUT2D eigenvalue weighted by Gasteiger charge is -2.14. The third-order valence-electron chi connectivity index (χ3n) is 5.54. The van der Waals surface area contributed by atoms with E-state index in [1.54, 1.807) is 30.4 Å². The first kappa shape index (κ1) is 37.4. The molecule has 0 spiro atoms. The van der Waals surface area contributed by atoms with Gasteiger partial charge in [-0.3, -0.25) is 39.6 Å². The van der Waals surface area contributed by atoms with Gasteiger partial charge in [-0.05, 0) is 32.2 Å². The lowest BCUT2D eigenvalue weighted by molar-refractivity contribution is -0.166. The molecule has 0 saturated heterocycles. The fourth-order valence-electron chi connectivity index (χ4n) is 3.11. The van der Waals surface area contributed by atoms with Gasteiger partial charge < -0.3 is 16.4 Å². The fourth-order valence-corrected chi connectivity index (χ4v) is 3.11. The zero-order valence-electron chi connectivity index (χ0n) is 23.9. The molecule has 0 radical (unpaired) electrons. The highest BCUT2D eigenvalue weighted by molar-refractivity contribution is 5.83. The largest absolute Gasteiger partial charge is 0.356 e. The second-order valence-electron chi connectivity index (χ2n) is 9.07. The summed E-state index contributed by atoms with van der Waals surface area (Å²) >= 11 is 0. The highest BCUT2D eigenvalue weighted by Gasteiger charge is 2.13. The summed E-state index contributed by atoms with van der Waals surface area (Å²) in [5.41, 5.74) is 5.39. The Bertz CT molecular complexity index is 893. The minimum Gasteiger partial charge on any atom is -0.356 e. The van der Waals surface area contributed by atoms with Gasteiger partial charge in [0.05, 0.1) is 13.1 Å². The van der Waals surface area contributed by atoms with Crippen molar-refractivity contribution in [2.75, 3.05) is 39.3 Å². The Labute approximate surface area is 241 Å². The van der Waals surface area contributed by atoms with Crippen molar-refractivity contribution >= 4 is 29.5 Å². The van der Waals surface area contributed by atoms with E-state index in [1.807, 2.05) is 0 Å². The molecule has 14 nitrogen and oxygen atoms in total. The average molecular weight is 583 g/mol. The molecule has 5 amide bonds. The normalized spacial score (nSPS) is 11.2. The van der Waals surface area contributed by atoms with Gasteiger partial charge in [0.2, 0.25) is 29.5 Å². The number of amides is 5. The van der Waals surface area contributed by atoms with E-state index in [2.05, 4.69) is 10.6 Å². The molecule has 0 bridgehead atoms. The maximum absolute atomic E-state index is 12.0. The molecule has 0 aromatic rings. The highest BCUT2D eigenvalue weighted by atomic mass is 16.5. The van der Waals surface area contributed by atoms with Crippen molar-refractivity contribution in [3.05, 3.63) is 36.5 Å². The molecule has 7 N–H and O–H groups in total. The maximum Gasteiger partial charge on any atom is 0.246 e. The lowest BCUT2D eigenvalue weighted by Crippen LogP contribution is -2.30. The summed E-state index contributed by atoms with van der Waals surface area (Å²) < 4.78 is 0. The zero-order valence-corrected chi connectivity index (χ0v) is 23.9. The van der Waals surface area contributed by atoms with E-state index in [9.17, 15) is 39.6 Å². The number of unbranched alkanes of at least 4 members (excludes halogenated alkanes) is 3. The monoisotopic (exact) mass is 582 g/mol. The van der Waals surface area contributed by atoms with Gasteiger partial charge in [0, 0.05) is 52.2 Å². The minimum atomic E-state index is -0.602. The van der Waals surface area contributed by atoms with Gasteiger partial charge in [0.15, 0.2) is 0 Å². The molecule has 0 rings (SSSR count). The summed E-state index contributed by atoms with van der Waals surface area (Å²) in [5, 5.41) is 35.7. The van der Waals surface area contributed by atoms with E-state index in [0.717, 1.165) is 12.8 Å². The Morgan fingerprint density at radius 3 is 1.95 bits per heavy atom. The summed E-state index contributed by atoms with van der Waals surface area (Å²) in [6.07, 6.45) is 13.0. The number of carbonyl (C=O) groups excluding carboxylic acids is 5. The Morgan fingerprint density at radius 2 is 1.29 bits per heavy atom. The van der Waals surface area contributed by atoms with Gasteiger partial charge in [-0.1, -0.05) is 42.9 Å². The summed E-state index contributed by atoms with van der Waals surface area (Å²) in [6, 6.07) is 0. The van der Waals surface area contributed by atoms with Crippen LogP contribution in [0.4, 0.5) is 0 Å². The van der Waals surface area contributed by atoms with Crippen molar-refractivity contribution < 1.29 is 39.6 Å². The lowest BCUT2D eigenvalue weighted by atomic mass is 10.2. The number of rotatable bonds is 22. The van der Waals surface area contributed by atoms with Crippen LogP contribution in [0.25, 0.3) is 0 Å². The van der Waals surface area contributed by atoms with E-state index in [-0.39, 0.29) is 63.7 Å². The minimum absolute atomic E-state index is 0.0487. The second-order valence-corrected chi connectivity index (χ2v) is 9.07. The first-order chi connectivity index (χ1) is 19.6. The standard InChI is InChI=1S/C27H46N6O8/c1-23(34)31(39)20-10-4-2-8-18-29-24(35)13-15-26(37)32(40)21-11-5-3-9-19-30-25(36)14-16-27(38)33(41)22-12-6-7-17-28/h3-5,9-11,39-41H,2,6-8,12-22,28H2,1H3,(H,29,35)(H,30,36)/b9-3+,10-4+,11-5+. The van der Waals surface area contributed by atoms with Gasteiger partial charge in [-0.15, -0.1) is 0 Å². The van der Waals surface area contributed by atoms with Gasteiger partial charge in [0.1, 0.15) is 0 Å². The molecule has 0 aliphatic rings. The van der Waals surface area contributed by atoms with Gasteiger partial charge in [-0.25, -0.2) is 15.2 Å². The molecule has 0 aliphatic carbocycles. The van der Waals surface area contributed by atoms with Gasteiger partial charge in [-0.2, -0.15) is 0 Å². The van der Waals surface area contributed by atoms with Crippen LogP contribution >= 0.6 is 0 Å². The van der Waals surface area contributed by atoms with Crippen molar-refractivity contribution in [3.63, 3.8) is 0 Å². The molecular formula is C27H46N6O8. The van der Waals surface area contributed by atoms with Crippen LogP contribution in [-0.4, -0.2) is 99.6 Å². The molecule has 0 aliphatic heterocycles. The van der Waals surface area contributed by atoms with E-state index in [1.165, 1.54) is 13.0 Å². The predicted octanol–water partition coefficient (Wildman–Crippen LogP) is 1.03. The van der Waals surface area contributed by atoms with Crippen LogP contribution in [0.3, 0.4) is 0 Å². The van der Waals surface area contributed by atoms with Crippen molar-refractivity contribution in [1.29, 1.82) is 0 Å². The quantitative estimate of drug-likeness (QED) is 0.0354. The number of carbonyl (C=O) groups is 5. The molecule has 0 aromatic heterocycles. The molecule has 0 heterocycles. The molecule has 14 heteroatoms. The van der Waals surface area contributed by atoms with Crippen molar-refractivity contribution in [2.24, 2.45) is 5.73 Å². The van der Waals surface area contributed by atoms with Crippen LogP contribution in [0, 0.1) is 0 Å². The zero-order chi connectivity index (χ0) is 30.9. The molecule has 0 aromatic carbocycles. The van der Waals surface area contributed by atoms with Crippen LogP contribution in [0.15, 0.2) is 36.5 Å². The highest BCUT2D eigenvalue weighted by Crippen LogP contribution is 2.01. The molecule has 232 valence electrons. The molecule has 41 heavy (non-hydrogen) atoms. The SMILES string of the molecule is CC(=O)N(O)C/C=C/CCCNC(=O)CCC(=O)N(O)C/C=C/C=C/CNC(=O)CCC(=O)N(O)CCCCCN. The van der Waals surface area contributed by atoms with Crippen LogP contribution in [0.1, 0.15) is 64.7 Å². The van der Waals surface area contributed by atoms with Crippen LogP contribution in [0.2, 0.25) is 0 Å². The Kier molecular flexibility index (Phi) is 22.1. The first-order valence-corrected chi connectivity index (χ1v) is 13.7. The topological polar surface area (TPSA) is 206 Å². The summed E-state index contributed by atoms with van der Waals surface area (Å²) in [6.45, 7) is 2.66. The second kappa shape index (κ2) is 24.2. The number of allylic oxidation sites excluding steroid dienone is 3. The third kappa shape index (κ3) is 21.9. The van der Waals surface area contributed by atoms with E-state index in [4.69, 9.17) is 5.73 Å². The van der Waals surface area contributed by atoms with Crippen molar-refractivity contribution in [1.82, 2.24) is 25.8 Å². The Morgan fingerprint density at radius 1 is 0.683 bits per heavy atom. The number of nitrogens with one attached hydrogen (secondary N) is 2. The Balaban J connectivity index is 3.94. The average Bonchev–Trinajstić information content (AvgIpc) is 2.95.